The van der Waals surface area contributed by atoms with Gasteiger partial charge >= 0.3 is 0 Å². The van der Waals surface area contributed by atoms with Gasteiger partial charge in [0.15, 0.2) is 11.0 Å². The van der Waals surface area contributed by atoms with Gasteiger partial charge in [0.25, 0.3) is 0 Å². The quantitative estimate of drug-likeness (QED) is 0.879. The maximum absolute atomic E-state index is 14.3. The Balaban J connectivity index is 2.13. The number of rotatable bonds is 3. The lowest BCUT2D eigenvalue weighted by Gasteiger charge is -2.33. The minimum Gasteiger partial charge on any atom is -0.356 e. The van der Waals surface area contributed by atoms with Crippen LogP contribution < -0.4 is 10.6 Å². The van der Waals surface area contributed by atoms with Gasteiger partial charge in [0.1, 0.15) is 17.2 Å². The lowest BCUT2D eigenvalue weighted by molar-refractivity contribution is 0.422. The van der Waals surface area contributed by atoms with Crippen molar-refractivity contribution in [2.75, 3.05) is 24.5 Å². The predicted octanol–water partition coefficient (Wildman–Crippen LogP) is 2.55. The number of pyridine rings is 1. The lowest BCUT2D eigenvalue weighted by atomic mass is 9.98. The van der Waals surface area contributed by atoms with Gasteiger partial charge in [-0.05, 0) is 25.3 Å². The monoisotopic (exact) mass is 323 g/mol. The zero-order valence-corrected chi connectivity index (χ0v) is 13.3. The van der Waals surface area contributed by atoms with Crippen LogP contribution in [0.1, 0.15) is 25.6 Å². The highest BCUT2D eigenvalue weighted by atomic mass is 35.5. The van der Waals surface area contributed by atoms with E-state index in [-0.39, 0.29) is 10.7 Å². The van der Waals surface area contributed by atoms with Crippen LogP contribution >= 0.6 is 11.6 Å². The molecule has 2 aromatic heterocycles. The maximum Gasteiger partial charge on any atom is 0.186 e. The van der Waals surface area contributed by atoms with E-state index in [4.69, 9.17) is 17.3 Å². The number of nitrogens with zero attached hydrogens (tertiary/aromatic N) is 4. The average Bonchev–Trinajstić information content (AvgIpc) is 2.57. The molecule has 1 atom stereocenters. The molecule has 3 heterocycles. The summed E-state index contributed by atoms with van der Waals surface area (Å²) in [6, 6.07) is 0. The molecule has 2 aromatic rings. The number of halogens is 2. The molecule has 22 heavy (non-hydrogen) atoms. The molecule has 1 saturated heterocycles. The largest absolute Gasteiger partial charge is 0.356 e. The number of anilines is 1. The Morgan fingerprint density at radius 1 is 1.45 bits per heavy atom. The first-order chi connectivity index (χ1) is 10.6. The summed E-state index contributed by atoms with van der Waals surface area (Å²) in [5.74, 6) is 1.21. The van der Waals surface area contributed by atoms with Crippen molar-refractivity contribution in [1.82, 2.24) is 15.0 Å². The Morgan fingerprint density at radius 3 is 3.00 bits per heavy atom. The van der Waals surface area contributed by atoms with Gasteiger partial charge in [0, 0.05) is 25.7 Å². The smallest absolute Gasteiger partial charge is 0.186 e. The maximum atomic E-state index is 14.3. The molecular weight excluding hydrogens is 305 g/mol. The Labute approximate surface area is 133 Å². The van der Waals surface area contributed by atoms with Crippen molar-refractivity contribution in [1.29, 1.82) is 0 Å². The topological polar surface area (TPSA) is 67.9 Å². The minimum atomic E-state index is -0.579. The second-order valence-corrected chi connectivity index (χ2v) is 5.99. The average molecular weight is 324 g/mol. The van der Waals surface area contributed by atoms with Gasteiger partial charge in [-0.25, -0.2) is 19.3 Å². The van der Waals surface area contributed by atoms with Crippen LogP contribution in [0.2, 0.25) is 5.15 Å². The molecule has 0 saturated carbocycles. The summed E-state index contributed by atoms with van der Waals surface area (Å²) in [4.78, 5) is 15.0. The second-order valence-electron chi connectivity index (χ2n) is 5.63. The van der Waals surface area contributed by atoms with Crippen molar-refractivity contribution < 1.29 is 4.39 Å². The van der Waals surface area contributed by atoms with Gasteiger partial charge in [-0.3, -0.25) is 0 Å². The summed E-state index contributed by atoms with van der Waals surface area (Å²) in [5.41, 5.74) is 6.05. The van der Waals surface area contributed by atoms with Crippen LogP contribution in [0, 0.1) is 11.7 Å². The van der Waals surface area contributed by atoms with Crippen LogP contribution in [0.4, 0.5) is 10.2 Å². The highest BCUT2D eigenvalue weighted by Crippen LogP contribution is 2.30. The number of aryl methyl sites for hydroxylation is 1. The van der Waals surface area contributed by atoms with Gasteiger partial charge in [-0.15, -0.1) is 0 Å². The van der Waals surface area contributed by atoms with Crippen molar-refractivity contribution >= 4 is 28.3 Å². The highest BCUT2D eigenvalue weighted by molar-refractivity contribution is 6.30. The predicted molar refractivity (Wildman–Crippen MR) is 85.7 cm³/mol. The van der Waals surface area contributed by atoms with Crippen LogP contribution in [0.3, 0.4) is 0 Å². The van der Waals surface area contributed by atoms with Crippen LogP contribution in [-0.2, 0) is 6.42 Å². The van der Waals surface area contributed by atoms with Gasteiger partial charge in [-0.1, -0.05) is 18.5 Å². The summed E-state index contributed by atoms with van der Waals surface area (Å²) in [6.07, 6.45) is 4.37. The zero-order chi connectivity index (χ0) is 15.7. The fraction of sp³-hybridized carbons (Fsp3) is 0.533. The van der Waals surface area contributed by atoms with E-state index in [9.17, 15) is 4.39 Å². The van der Waals surface area contributed by atoms with Crippen LogP contribution in [-0.4, -0.2) is 34.6 Å². The first-order valence-electron chi connectivity index (χ1n) is 7.59. The van der Waals surface area contributed by atoms with Crippen LogP contribution in [0.5, 0.6) is 0 Å². The number of hydrogen-bond acceptors (Lipinski definition) is 5. The third-order valence-corrected chi connectivity index (χ3v) is 4.40. The molecule has 118 valence electrons. The molecule has 1 unspecified atom stereocenters. The van der Waals surface area contributed by atoms with E-state index in [0.29, 0.717) is 30.1 Å². The molecule has 0 bridgehead atoms. The summed E-state index contributed by atoms with van der Waals surface area (Å²) in [6.45, 7) is 4.31. The van der Waals surface area contributed by atoms with Crippen molar-refractivity contribution in [2.24, 2.45) is 11.7 Å². The van der Waals surface area contributed by atoms with Crippen molar-refractivity contribution in [2.45, 2.75) is 26.2 Å². The van der Waals surface area contributed by atoms with Crippen molar-refractivity contribution in [3.05, 3.63) is 23.0 Å². The number of hydrogen-bond donors (Lipinski definition) is 1. The minimum absolute atomic E-state index is 0.155. The van der Waals surface area contributed by atoms with Crippen LogP contribution in [0.25, 0.3) is 10.9 Å². The summed E-state index contributed by atoms with van der Waals surface area (Å²) < 4.78 is 14.3. The standard InChI is InChI=1S/C15H19ClFN5/c1-2-11-20-13-10(7-19-14(16)12(13)17)15(21-11)22-5-3-4-9(6-18)8-22/h7,9H,2-6,8,18H2,1H3. The second kappa shape index (κ2) is 6.30. The Morgan fingerprint density at radius 2 is 2.27 bits per heavy atom. The number of fused-ring (bicyclic) bond motifs is 1. The highest BCUT2D eigenvalue weighted by Gasteiger charge is 2.23. The Bertz CT molecular complexity index is 693. The van der Waals surface area contributed by atoms with Crippen molar-refractivity contribution in [3.63, 3.8) is 0 Å². The van der Waals surface area contributed by atoms with E-state index in [1.807, 2.05) is 6.92 Å². The first-order valence-corrected chi connectivity index (χ1v) is 7.97. The fourth-order valence-electron chi connectivity index (χ4n) is 2.91. The van der Waals surface area contributed by atoms with Gasteiger partial charge in [0.2, 0.25) is 0 Å². The third kappa shape index (κ3) is 2.73. The van der Waals surface area contributed by atoms with Gasteiger partial charge in [0.05, 0.1) is 5.39 Å². The molecule has 2 N–H and O–H groups in total. The normalized spacial score (nSPS) is 18.9. The van der Waals surface area contributed by atoms with E-state index in [0.717, 1.165) is 31.7 Å². The van der Waals surface area contributed by atoms with E-state index >= 15 is 0 Å². The SMILES string of the molecule is CCc1nc(N2CCCC(CN)C2)c2cnc(Cl)c(F)c2n1. The van der Waals surface area contributed by atoms with E-state index < -0.39 is 5.82 Å². The number of nitrogens with two attached hydrogens (primary N) is 1. The molecule has 3 rings (SSSR count). The lowest BCUT2D eigenvalue weighted by Crippen LogP contribution is -2.39. The third-order valence-electron chi connectivity index (χ3n) is 4.14. The van der Waals surface area contributed by atoms with E-state index in [1.165, 1.54) is 0 Å². The van der Waals surface area contributed by atoms with Crippen molar-refractivity contribution in [3.8, 4) is 0 Å². The molecule has 0 amide bonds. The molecule has 1 fully saturated rings. The number of piperidine rings is 1. The molecule has 0 aliphatic carbocycles. The summed E-state index contributed by atoms with van der Waals surface area (Å²) >= 11 is 5.79. The van der Waals surface area contributed by atoms with Crippen LogP contribution in [0.15, 0.2) is 6.20 Å². The molecule has 1 aliphatic heterocycles. The molecule has 7 heteroatoms. The molecular formula is C15H19ClFN5. The molecule has 0 radical (unpaired) electrons. The molecule has 0 spiro atoms. The zero-order valence-electron chi connectivity index (χ0n) is 12.5. The molecule has 1 aliphatic rings. The van der Waals surface area contributed by atoms with E-state index in [2.05, 4.69) is 19.9 Å². The van der Waals surface area contributed by atoms with Gasteiger partial charge < -0.3 is 10.6 Å². The first kappa shape index (κ1) is 15.4. The summed E-state index contributed by atoms with van der Waals surface area (Å²) in [5, 5.41) is 0.453. The van der Waals surface area contributed by atoms with E-state index in [1.54, 1.807) is 6.20 Å². The van der Waals surface area contributed by atoms with Gasteiger partial charge in [-0.2, -0.15) is 0 Å². The summed E-state index contributed by atoms with van der Waals surface area (Å²) in [7, 11) is 0. The molecule has 0 aromatic carbocycles. The fourth-order valence-corrected chi connectivity index (χ4v) is 3.05. The number of aromatic nitrogens is 3. The Kier molecular flexibility index (Phi) is 4.40. The Hall–Kier alpha value is -1.53. The molecule has 5 nitrogen and oxygen atoms in total.